The van der Waals surface area contributed by atoms with Gasteiger partial charge in [-0.1, -0.05) is 54.1 Å². The summed E-state index contributed by atoms with van der Waals surface area (Å²) in [6.07, 6.45) is 0. The number of hydrogen-bond acceptors (Lipinski definition) is 4. The van der Waals surface area contributed by atoms with Crippen molar-refractivity contribution in [3.05, 3.63) is 100 Å². The third-order valence-corrected chi connectivity index (χ3v) is 7.13. The molecule has 3 aromatic rings. The molecule has 1 atom stereocenters. The summed E-state index contributed by atoms with van der Waals surface area (Å²) in [6.45, 7) is 0.975. The molecule has 4 rings (SSSR count). The molecule has 0 unspecified atom stereocenters. The first-order valence-corrected chi connectivity index (χ1v) is 12.0. The molecule has 5 nitrogen and oxygen atoms in total. The van der Waals surface area contributed by atoms with E-state index in [1.165, 1.54) is 0 Å². The van der Waals surface area contributed by atoms with E-state index >= 15 is 0 Å². The molecule has 0 bridgehead atoms. The van der Waals surface area contributed by atoms with E-state index in [-0.39, 0.29) is 17.2 Å². The summed E-state index contributed by atoms with van der Waals surface area (Å²) in [4.78, 5) is 29.0. The van der Waals surface area contributed by atoms with Crippen LogP contribution in [-0.2, 0) is 17.9 Å². The molecule has 0 aromatic heterocycles. The van der Waals surface area contributed by atoms with Crippen molar-refractivity contribution in [2.45, 2.75) is 18.5 Å². The Kier molecular flexibility index (Phi) is 7.26. The molecule has 0 radical (unpaired) electrons. The highest BCUT2D eigenvalue weighted by molar-refractivity contribution is 8.00. The molecule has 1 heterocycles. The Morgan fingerprint density at radius 3 is 2.48 bits per heavy atom. The zero-order chi connectivity index (χ0) is 23.4. The van der Waals surface area contributed by atoms with Crippen molar-refractivity contribution in [2.75, 3.05) is 19.9 Å². The van der Waals surface area contributed by atoms with Crippen molar-refractivity contribution >= 4 is 35.2 Å². The molecule has 0 spiro atoms. The zero-order valence-corrected chi connectivity index (χ0v) is 20.1. The van der Waals surface area contributed by atoms with Crippen molar-refractivity contribution in [2.24, 2.45) is 0 Å². The van der Waals surface area contributed by atoms with Gasteiger partial charge in [0.2, 0.25) is 5.91 Å². The lowest BCUT2D eigenvalue weighted by Gasteiger charge is -2.25. The Morgan fingerprint density at radius 2 is 1.79 bits per heavy atom. The van der Waals surface area contributed by atoms with Gasteiger partial charge in [-0.15, -0.1) is 11.8 Å². The second-order valence-electron chi connectivity index (χ2n) is 7.91. The summed E-state index contributed by atoms with van der Waals surface area (Å²) in [5, 5.41) is 0.594. The van der Waals surface area contributed by atoms with Crippen LogP contribution in [0.3, 0.4) is 0 Å². The third kappa shape index (κ3) is 5.34. The van der Waals surface area contributed by atoms with E-state index in [9.17, 15) is 9.59 Å². The van der Waals surface area contributed by atoms with Crippen LogP contribution in [0.25, 0.3) is 0 Å². The smallest absolute Gasteiger partial charge is 0.253 e. The number of carbonyl (C=O) groups is 2. The Balaban J connectivity index is 1.46. The van der Waals surface area contributed by atoms with E-state index < -0.39 is 0 Å². The first kappa shape index (κ1) is 23.2. The number of hydrogen-bond donors (Lipinski definition) is 0. The molecular weight excluding hydrogens is 456 g/mol. The van der Waals surface area contributed by atoms with Crippen molar-refractivity contribution in [1.29, 1.82) is 0 Å². The minimum absolute atomic E-state index is 0.0689. The Morgan fingerprint density at radius 1 is 1.09 bits per heavy atom. The molecule has 0 aliphatic carbocycles. The summed E-state index contributed by atoms with van der Waals surface area (Å²) < 4.78 is 5.39. The second kappa shape index (κ2) is 10.3. The van der Waals surface area contributed by atoms with Crippen LogP contribution in [0.2, 0.25) is 5.02 Å². The average Bonchev–Trinajstić information content (AvgIpc) is 3.20. The van der Waals surface area contributed by atoms with Gasteiger partial charge in [0.1, 0.15) is 11.1 Å². The Bertz CT molecular complexity index is 1140. The topological polar surface area (TPSA) is 49.9 Å². The monoisotopic (exact) mass is 480 g/mol. The first-order valence-electron chi connectivity index (χ1n) is 10.6. The van der Waals surface area contributed by atoms with Crippen LogP contribution >= 0.6 is 23.4 Å². The van der Waals surface area contributed by atoms with Crippen LogP contribution in [0.15, 0.2) is 72.8 Å². The Hall–Kier alpha value is -2.96. The SMILES string of the molecule is COc1ccccc1CN(C)C(=O)c1ccc([C@H]2SCC(=O)N2Cc2ccc(Cl)cc2)cc1. The highest BCUT2D eigenvalue weighted by Crippen LogP contribution is 2.39. The molecule has 33 heavy (non-hydrogen) atoms. The van der Waals surface area contributed by atoms with Gasteiger partial charge < -0.3 is 14.5 Å². The first-order chi connectivity index (χ1) is 16.0. The third-order valence-electron chi connectivity index (χ3n) is 5.62. The lowest BCUT2D eigenvalue weighted by atomic mass is 10.1. The predicted octanol–water partition coefficient (Wildman–Crippen LogP) is 5.40. The van der Waals surface area contributed by atoms with Gasteiger partial charge in [-0.05, 0) is 41.5 Å². The largest absolute Gasteiger partial charge is 0.496 e. The summed E-state index contributed by atoms with van der Waals surface area (Å²) in [5.74, 6) is 1.24. The predicted molar refractivity (Wildman–Crippen MR) is 132 cm³/mol. The molecule has 2 amide bonds. The van der Waals surface area contributed by atoms with Gasteiger partial charge in [0, 0.05) is 36.3 Å². The van der Waals surface area contributed by atoms with Gasteiger partial charge in [-0.25, -0.2) is 0 Å². The molecule has 1 fully saturated rings. The zero-order valence-electron chi connectivity index (χ0n) is 18.5. The standard InChI is InChI=1S/C26H25ClN2O3S/c1-28(16-21-5-3-4-6-23(21)32-2)25(31)19-9-11-20(12-10-19)26-29(24(30)17-33-26)15-18-7-13-22(27)14-8-18/h3-14,26H,15-17H2,1-2H3/t26-/m1/s1. The maximum atomic E-state index is 13.0. The van der Waals surface area contributed by atoms with Gasteiger partial charge in [0.15, 0.2) is 0 Å². The van der Waals surface area contributed by atoms with Crippen LogP contribution in [0.4, 0.5) is 0 Å². The van der Waals surface area contributed by atoms with Crippen LogP contribution in [0.5, 0.6) is 5.75 Å². The summed E-state index contributed by atoms with van der Waals surface area (Å²) in [6, 6.07) is 22.8. The average molecular weight is 481 g/mol. The van der Waals surface area contributed by atoms with Crippen molar-refractivity contribution in [3.63, 3.8) is 0 Å². The molecule has 0 saturated carbocycles. The fraction of sp³-hybridized carbons (Fsp3) is 0.231. The number of para-hydroxylation sites is 1. The fourth-order valence-electron chi connectivity index (χ4n) is 3.86. The highest BCUT2D eigenvalue weighted by Gasteiger charge is 2.32. The van der Waals surface area contributed by atoms with Crippen LogP contribution < -0.4 is 4.74 Å². The number of thioether (sulfide) groups is 1. The molecular formula is C26H25ClN2O3S. The van der Waals surface area contributed by atoms with E-state index in [0.29, 0.717) is 29.4 Å². The fourth-order valence-corrected chi connectivity index (χ4v) is 5.17. The lowest BCUT2D eigenvalue weighted by molar-refractivity contribution is -0.128. The minimum atomic E-state index is -0.0800. The molecule has 1 aliphatic rings. The number of amides is 2. The molecule has 170 valence electrons. The van der Waals surface area contributed by atoms with E-state index in [2.05, 4.69) is 0 Å². The summed E-state index contributed by atoms with van der Waals surface area (Å²) >= 11 is 7.58. The molecule has 3 aromatic carbocycles. The summed E-state index contributed by atoms with van der Waals surface area (Å²) in [7, 11) is 3.41. The lowest BCUT2D eigenvalue weighted by Crippen LogP contribution is -2.28. The van der Waals surface area contributed by atoms with Crippen molar-refractivity contribution in [3.8, 4) is 5.75 Å². The van der Waals surface area contributed by atoms with E-state index in [0.717, 1.165) is 22.4 Å². The van der Waals surface area contributed by atoms with Crippen molar-refractivity contribution < 1.29 is 14.3 Å². The number of methoxy groups -OCH3 is 1. The number of nitrogens with zero attached hydrogens (tertiary/aromatic N) is 2. The number of ether oxygens (including phenoxy) is 1. The van der Waals surface area contributed by atoms with E-state index in [4.69, 9.17) is 16.3 Å². The molecule has 0 N–H and O–H groups in total. The highest BCUT2D eigenvalue weighted by atomic mass is 35.5. The maximum Gasteiger partial charge on any atom is 0.253 e. The second-order valence-corrected chi connectivity index (χ2v) is 9.41. The van der Waals surface area contributed by atoms with Gasteiger partial charge in [0.05, 0.1) is 12.9 Å². The molecule has 1 saturated heterocycles. The number of rotatable bonds is 7. The minimum Gasteiger partial charge on any atom is -0.496 e. The Labute approximate surface area is 203 Å². The summed E-state index contributed by atoms with van der Waals surface area (Å²) in [5.41, 5.74) is 3.59. The van der Waals surface area contributed by atoms with Crippen LogP contribution in [0, 0.1) is 0 Å². The maximum absolute atomic E-state index is 13.0. The van der Waals surface area contributed by atoms with Crippen LogP contribution in [-0.4, -0.2) is 41.5 Å². The van der Waals surface area contributed by atoms with Gasteiger partial charge in [-0.2, -0.15) is 0 Å². The van der Waals surface area contributed by atoms with E-state index in [1.807, 2.05) is 77.7 Å². The van der Waals surface area contributed by atoms with Gasteiger partial charge >= 0.3 is 0 Å². The quantitative estimate of drug-likeness (QED) is 0.454. The van der Waals surface area contributed by atoms with Gasteiger partial charge in [-0.3, -0.25) is 9.59 Å². The van der Waals surface area contributed by atoms with Gasteiger partial charge in [0.25, 0.3) is 5.91 Å². The van der Waals surface area contributed by atoms with Crippen molar-refractivity contribution in [1.82, 2.24) is 9.80 Å². The molecule has 7 heteroatoms. The van der Waals surface area contributed by atoms with E-state index in [1.54, 1.807) is 30.8 Å². The number of halogens is 1. The van der Waals surface area contributed by atoms with Crippen LogP contribution in [0.1, 0.15) is 32.4 Å². The normalized spacial score (nSPS) is 15.5. The molecule has 1 aliphatic heterocycles. The number of carbonyl (C=O) groups excluding carboxylic acids is 2. The number of benzene rings is 3.